The van der Waals surface area contributed by atoms with Crippen molar-refractivity contribution in [2.75, 3.05) is 6.61 Å². The van der Waals surface area contributed by atoms with E-state index in [1.807, 2.05) is 36.4 Å². The molecule has 0 saturated heterocycles. The van der Waals surface area contributed by atoms with Crippen LogP contribution < -0.4 is 10.4 Å². The minimum absolute atomic E-state index is 0.113. The number of carboxylic acids is 1. The normalized spacial score (nSPS) is 13.9. The molecule has 0 aliphatic rings. The van der Waals surface area contributed by atoms with Gasteiger partial charge in [0.05, 0.1) is 6.42 Å². The van der Waals surface area contributed by atoms with E-state index >= 15 is 0 Å². The van der Waals surface area contributed by atoms with E-state index in [0.29, 0.717) is 13.0 Å². The molecule has 0 heterocycles. The zero-order valence-corrected chi connectivity index (χ0v) is 18.8. The maximum atomic E-state index is 11.2. The van der Waals surface area contributed by atoms with E-state index in [1.165, 1.54) is 0 Å². The molecule has 156 valence electrons. The summed E-state index contributed by atoms with van der Waals surface area (Å²) in [5.74, 6) is -1.60. The second-order valence-electron chi connectivity index (χ2n) is 8.02. The van der Waals surface area contributed by atoms with Crippen molar-refractivity contribution in [3.63, 3.8) is 0 Å². The first-order valence-electron chi connectivity index (χ1n) is 9.56. The van der Waals surface area contributed by atoms with Crippen molar-refractivity contribution in [2.45, 2.75) is 38.7 Å². The minimum atomic E-state index is -2.69. The van der Waals surface area contributed by atoms with Crippen molar-refractivity contribution in [1.82, 2.24) is 0 Å². The third kappa shape index (κ3) is 5.47. The lowest BCUT2D eigenvalue weighted by molar-refractivity contribution is -0.137. The number of nitrogens with zero attached hydrogens (tertiary/aromatic N) is 1. The molecule has 2 aromatic carbocycles. The maximum absolute atomic E-state index is 11.2. The van der Waals surface area contributed by atoms with Gasteiger partial charge >= 0.3 is 5.97 Å². The van der Waals surface area contributed by atoms with Crippen LogP contribution in [0, 0.1) is 5.92 Å². The molecule has 2 aromatic rings. The molecular formula is C22H28ClNO4Si. The summed E-state index contributed by atoms with van der Waals surface area (Å²) in [4.78, 5) is 11.2. The first kappa shape index (κ1) is 23.1. The van der Waals surface area contributed by atoms with Gasteiger partial charge in [-0.15, -0.1) is 0 Å². The zero-order chi connectivity index (χ0) is 21.5. The molecule has 2 N–H and O–H groups in total. The van der Waals surface area contributed by atoms with Gasteiger partial charge in [-0.05, 0) is 21.8 Å². The Hall–Kier alpha value is -2.15. The van der Waals surface area contributed by atoms with E-state index < -0.39 is 20.2 Å². The van der Waals surface area contributed by atoms with Gasteiger partial charge in [-0.2, -0.15) is 0 Å². The molecule has 5 nitrogen and oxygen atoms in total. The van der Waals surface area contributed by atoms with Crippen LogP contribution in [0.25, 0.3) is 0 Å². The molecular weight excluding hydrogens is 406 g/mol. The number of benzene rings is 2. The summed E-state index contributed by atoms with van der Waals surface area (Å²) in [6, 6.07) is 20.4. The SMILES string of the molecule is CC(C)(C)[Si](OCCC(CC(=O)O)C(Cl)=NO)(c1ccccc1)c1ccccc1. The van der Waals surface area contributed by atoms with Gasteiger partial charge in [-0.3, -0.25) is 4.79 Å². The highest BCUT2D eigenvalue weighted by atomic mass is 35.5. The van der Waals surface area contributed by atoms with E-state index in [1.54, 1.807) is 0 Å². The van der Waals surface area contributed by atoms with Gasteiger partial charge in [0.2, 0.25) is 0 Å². The average Bonchev–Trinajstić information content (AvgIpc) is 2.70. The van der Waals surface area contributed by atoms with Crippen LogP contribution in [0.4, 0.5) is 0 Å². The van der Waals surface area contributed by atoms with E-state index in [9.17, 15) is 4.79 Å². The van der Waals surface area contributed by atoms with E-state index in [2.05, 4.69) is 50.2 Å². The largest absolute Gasteiger partial charge is 0.481 e. The van der Waals surface area contributed by atoms with Crippen LogP contribution in [-0.2, 0) is 9.22 Å². The summed E-state index contributed by atoms with van der Waals surface area (Å²) < 4.78 is 6.72. The zero-order valence-electron chi connectivity index (χ0n) is 17.0. The van der Waals surface area contributed by atoms with Gasteiger partial charge in [0.1, 0.15) is 5.17 Å². The molecule has 1 unspecified atom stereocenters. The summed E-state index contributed by atoms with van der Waals surface area (Å²) >= 11 is 5.94. The van der Waals surface area contributed by atoms with Crippen LogP contribution in [0.2, 0.25) is 5.04 Å². The van der Waals surface area contributed by atoms with E-state index in [4.69, 9.17) is 26.3 Å². The molecule has 0 amide bonds. The molecule has 0 aromatic heterocycles. The van der Waals surface area contributed by atoms with Crippen molar-refractivity contribution in [1.29, 1.82) is 0 Å². The molecule has 0 fully saturated rings. The van der Waals surface area contributed by atoms with Crippen molar-refractivity contribution in [2.24, 2.45) is 11.1 Å². The van der Waals surface area contributed by atoms with Crippen molar-refractivity contribution < 1.29 is 19.5 Å². The van der Waals surface area contributed by atoms with Crippen LogP contribution in [0.3, 0.4) is 0 Å². The highest BCUT2D eigenvalue weighted by molar-refractivity contribution is 6.99. The standard InChI is InChI=1S/C22H28ClNO4Si/c1-22(2,3)29(18-10-6-4-7-11-18,19-12-8-5-9-13-19)28-15-14-17(16-20(25)26)21(23)24-27/h4-13,17,27H,14-16H2,1-3H3,(H,25,26). The quantitative estimate of drug-likeness (QED) is 0.270. The molecule has 0 bridgehead atoms. The summed E-state index contributed by atoms with van der Waals surface area (Å²) in [7, 11) is -2.69. The van der Waals surface area contributed by atoms with Crippen LogP contribution >= 0.6 is 11.6 Å². The Morgan fingerprint density at radius 2 is 1.55 bits per heavy atom. The summed E-state index contributed by atoms with van der Waals surface area (Å²) in [5, 5.41) is 23.1. The molecule has 0 saturated carbocycles. The number of aliphatic carboxylic acids is 1. The lowest BCUT2D eigenvalue weighted by Crippen LogP contribution is -2.66. The fraction of sp³-hybridized carbons (Fsp3) is 0.364. The third-order valence-electron chi connectivity index (χ3n) is 5.06. The molecule has 0 radical (unpaired) electrons. The number of carbonyl (C=O) groups is 1. The average molecular weight is 434 g/mol. The fourth-order valence-corrected chi connectivity index (χ4v) is 8.48. The lowest BCUT2D eigenvalue weighted by Gasteiger charge is -2.43. The summed E-state index contributed by atoms with van der Waals surface area (Å²) in [5.41, 5.74) is 0. The molecule has 29 heavy (non-hydrogen) atoms. The topological polar surface area (TPSA) is 79.1 Å². The molecule has 0 aliphatic carbocycles. The first-order valence-corrected chi connectivity index (χ1v) is 11.8. The number of rotatable bonds is 9. The Balaban J connectivity index is 2.42. The minimum Gasteiger partial charge on any atom is -0.481 e. The molecule has 0 spiro atoms. The van der Waals surface area contributed by atoms with E-state index in [-0.39, 0.29) is 16.6 Å². The van der Waals surface area contributed by atoms with E-state index in [0.717, 1.165) is 10.4 Å². The number of oxime groups is 1. The monoisotopic (exact) mass is 433 g/mol. The Morgan fingerprint density at radius 1 is 1.07 bits per heavy atom. The van der Waals surface area contributed by atoms with Gasteiger partial charge in [0.25, 0.3) is 8.32 Å². The molecule has 7 heteroatoms. The predicted octanol–water partition coefficient (Wildman–Crippen LogP) is 4.07. The van der Waals surface area contributed by atoms with Crippen LogP contribution in [0.5, 0.6) is 0 Å². The molecule has 1 atom stereocenters. The molecule has 0 aliphatic heterocycles. The number of hydrogen-bond acceptors (Lipinski definition) is 4. The predicted molar refractivity (Wildman–Crippen MR) is 119 cm³/mol. The van der Waals surface area contributed by atoms with Gasteiger partial charge < -0.3 is 14.7 Å². The van der Waals surface area contributed by atoms with Crippen molar-refractivity contribution in [3.8, 4) is 0 Å². The van der Waals surface area contributed by atoms with Crippen LogP contribution in [0.1, 0.15) is 33.6 Å². The lowest BCUT2D eigenvalue weighted by atomic mass is 10.0. The Kier molecular flexibility index (Phi) is 8.02. The van der Waals surface area contributed by atoms with Crippen molar-refractivity contribution >= 4 is 41.4 Å². The number of hydrogen-bond donors (Lipinski definition) is 2. The summed E-state index contributed by atoms with van der Waals surface area (Å²) in [6.45, 7) is 6.83. The van der Waals surface area contributed by atoms with Crippen LogP contribution in [-0.4, -0.2) is 36.4 Å². The first-order chi connectivity index (χ1) is 13.7. The number of carboxylic acid groups (broad SMARTS) is 1. The van der Waals surface area contributed by atoms with Crippen LogP contribution in [0.15, 0.2) is 65.8 Å². The van der Waals surface area contributed by atoms with Gasteiger partial charge in [0, 0.05) is 12.5 Å². The molecule has 2 rings (SSSR count). The smallest absolute Gasteiger partial charge is 0.304 e. The Morgan fingerprint density at radius 3 is 1.93 bits per heavy atom. The third-order valence-corrected chi connectivity index (χ3v) is 10.5. The maximum Gasteiger partial charge on any atom is 0.304 e. The highest BCUT2D eigenvalue weighted by Crippen LogP contribution is 2.37. The van der Waals surface area contributed by atoms with Crippen molar-refractivity contribution in [3.05, 3.63) is 60.7 Å². The number of halogens is 1. The van der Waals surface area contributed by atoms with Gasteiger partial charge in [-0.1, -0.05) is 98.2 Å². The van der Waals surface area contributed by atoms with Gasteiger partial charge in [0.15, 0.2) is 0 Å². The fourth-order valence-electron chi connectivity index (χ4n) is 3.71. The Bertz CT molecular complexity index is 782. The summed E-state index contributed by atoms with van der Waals surface area (Å²) in [6.07, 6.45) is 0.132. The highest BCUT2D eigenvalue weighted by Gasteiger charge is 2.50. The van der Waals surface area contributed by atoms with Gasteiger partial charge in [-0.25, -0.2) is 0 Å². The second-order valence-corrected chi connectivity index (χ2v) is 12.7. The second kappa shape index (κ2) is 10.0. The Labute approximate surface area is 178 Å².